The van der Waals surface area contributed by atoms with Gasteiger partial charge in [0, 0.05) is 17.8 Å². The van der Waals surface area contributed by atoms with Gasteiger partial charge in [-0.05, 0) is 36.3 Å². The van der Waals surface area contributed by atoms with Crippen LogP contribution in [0.3, 0.4) is 0 Å². The Labute approximate surface area is 125 Å². The molecule has 2 rings (SSSR count). The number of hydrogen-bond donors (Lipinski definition) is 1. The van der Waals surface area contributed by atoms with E-state index in [2.05, 4.69) is 30.8 Å². The normalized spacial score (nSPS) is 23.1. The zero-order valence-electron chi connectivity index (χ0n) is 13.0. The number of halogens is 2. The maximum atomic E-state index is 12.3. The lowest BCUT2D eigenvalue weighted by Crippen LogP contribution is -2.39. The zero-order chi connectivity index (χ0) is 15.5. The second-order valence-electron chi connectivity index (χ2n) is 6.91. The summed E-state index contributed by atoms with van der Waals surface area (Å²) in [5.74, 6) is 0.795. The lowest BCUT2D eigenvalue weighted by atomic mass is 9.69. The Hall–Kier alpha value is -1.32. The van der Waals surface area contributed by atoms with Crippen LogP contribution in [0.2, 0.25) is 0 Å². The lowest BCUT2D eigenvalue weighted by Gasteiger charge is -2.41. The van der Waals surface area contributed by atoms with E-state index < -0.39 is 6.61 Å². The molecule has 0 aromatic heterocycles. The van der Waals surface area contributed by atoms with Gasteiger partial charge in [-0.2, -0.15) is 8.78 Å². The molecule has 0 bridgehead atoms. The van der Waals surface area contributed by atoms with Crippen molar-refractivity contribution in [3.8, 4) is 5.75 Å². The number of anilines is 1. The van der Waals surface area contributed by atoms with Gasteiger partial charge in [0.05, 0.1) is 0 Å². The van der Waals surface area contributed by atoms with Gasteiger partial charge in [-0.15, -0.1) is 0 Å². The average Bonchev–Trinajstić information content (AvgIpc) is 2.37. The number of alkyl halides is 2. The minimum atomic E-state index is -2.78. The monoisotopic (exact) mass is 297 g/mol. The summed E-state index contributed by atoms with van der Waals surface area (Å²) >= 11 is 0. The third kappa shape index (κ3) is 4.58. The van der Waals surface area contributed by atoms with Crippen LogP contribution >= 0.6 is 0 Å². The Bertz CT molecular complexity index is 456. The van der Waals surface area contributed by atoms with Crippen LogP contribution in [-0.4, -0.2) is 12.7 Å². The van der Waals surface area contributed by atoms with Crippen LogP contribution in [-0.2, 0) is 0 Å². The Morgan fingerprint density at radius 2 is 1.90 bits per heavy atom. The van der Waals surface area contributed by atoms with Gasteiger partial charge >= 0.3 is 6.61 Å². The molecule has 2 unspecified atom stereocenters. The molecule has 1 N–H and O–H groups in total. The second-order valence-corrected chi connectivity index (χ2v) is 6.91. The molecule has 0 aliphatic heterocycles. The highest BCUT2D eigenvalue weighted by molar-refractivity contribution is 5.49. The summed E-state index contributed by atoms with van der Waals surface area (Å²) < 4.78 is 29.0. The quantitative estimate of drug-likeness (QED) is 0.813. The summed E-state index contributed by atoms with van der Waals surface area (Å²) in [6.07, 6.45) is 4.84. The molecule has 21 heavy (non-hydrogen) atoms. The molecule has 2 atom stereocenters. The lowest BCUT2D eigenvalue weighted by molar-refractivity contribution is -0.0498. The van der Waals surface area contributed by atoms with Gasteiger partial charge in [0.15, 0.2) is 0 Å². The first-order valence-corrected chi connectivity index (χ1v) is 7.67. The van der Waals surface area contributed by atoms with Gasteiger partial charge in [0.1, 0.15) is 5.75 Å². The summed E-state index contributed by atoms with van der Waals surface area (Å²) in [5.41, 5.74) is 1.10. The van der Waals surface area contributed by atoms with Crippen molar-refractivity contribution < 1.29 is 13.5 Å². The molecule has 1 aliphatic rings. The van der Waals surface area contributed by atoms with Crippen molar-refractivity contribution in [2.75, 3.05) is 5.32 Å². The molecule has 0 amide bonds. The predicted octanol–water partition coefficient (Wildman–Crippen LogP) is 5.30. The molecule has 0 radical (unpaired) electrons. The highest BCUT2D eigenvalue weighted by Crippen LogP contribution is 2.39. The number of benzene rings is 1. The first-order valence-electron chi connectivity index (χ1n) is 7.67. The van der Waals surface area contributed by atoms with Gasteiger partial charge in [-0.3, -0.25) is 0 Å². The summed E-state index contributed by atoms with van der Waals surface area (Å²) in [6, 6.07) is 7.25. The van der Waals surface area contributed by atoms with Crippen LogP contribution in [0.15, 0.2) is 24.3 Å². The van der Waals surface area contributed by atoms with E-state index in [0.717, 1.165) is 12.1 Å². The van der Waals surface area contributed by atoms with Crippen molar-refractivity contribution in [2.24, 2.45) is 11.3 Å². The first kappa shape index (κ1) is 16.1. The van der Waals surface area contributed by atoms with Gasteiger partial charge in [0.25, 0.3) is 0 Å². The predicted molar refractivity (Wildman–Crippen MR) is 81.9 cm³/mol. The van der Waals surface area contributed by atoms with E-state index >= 15 is 0 Å². The van der Waals surface area contributed by atoms with E-state index in [4.69, 9.17) is 0 Å². The molecule has 118 valence electrons. The topological polar surface area (TPSA) is 21.3 Å². The number of nitrogens with one attached hydrogen (secondary N) is 1. The number of rotatable bonds is 4. The Morgan fingerprint density at radius 1 is 1.19 bits per heavy atom. The standard InChI is InChI=1S/C17H25F2NO/c1-17(2,3)14-9-4-5-10-15(14)20-12-7-6-8-13(11-12)21-16(18)19/h6-8,11,14-16,20H,4-5,9-10H2,1-3H3. The van der Waals surface area contributed by atoms with Crippen LogP contribution < -0.4 is 10.1 Å². The molecule has 4 heteroatoms. The summed E-state index contributed by atoms with van der Waals surface area (Å²) in [4.78, 5) is 0. The van der Waals surface area contributed by atoms with E-state index in [-0.39, 0.29) is 11.2 Å². The largest absolute Gasteiger partial charge is 0.435 e. The van der Waals surface area contributed by atoms with E-state index in [1.54, 1.807) is 18.2 Å². The van der Waals surface area contributed by atoms with Crippen LogP contribution in [0.1, 0.15) is 46.5 Å². The Kier molecular flexibility index (Phi) is 5.07. The zero-order valence-corrected chi connectivity index (χ0v) is 13.0. The van der Waals surface area contributed by atoms with Gasteiger partial charge < -0.3 is 10.1 Å². The molecule has 0 spiro atoms. The maximum Gasteiger partial charge on any atom is 0.387 e. The fourth-order valence-corrected chi connectivity index (χ4v) is 3.32. The van der Waals surface area contributed by atoms with Crippen molar-refractivity contribution in [3.63, 3.8) is 0 Å². The molecule has 1 aliphatic carbocycles. The smallest absolute Gasteiger partial charge is 0.387 e. The SMILES string of the molecule is CC(C)(C)C1CCCCC1Nc1cccc(OC(F)F)c1. The Morgan fingerprint density at radius 3 is 2.57 bits per heavy atom. The third-order valence-electron chi connectivity index (χ3n) is 4.29. The number of ether oxygens (including phenoxy) is 1. The van der Waals surface area contributed by atoms with E-state index in [1.165, 1.54) is 19.3 Å². The van der Waals surface area contributed by atoms with Gasteiger partial charge in [-0.1, -0.05) is 39.7 Å². The Balaban J connectivity index is 2.08. The minimum absolute atomic E-state index is 0.207. The summed E-state index contributed by atoms with van der Waals surface area (Å²) in [5, 5.41) is 3.53. The van der Waals surface area contributed by atoms with Crippen molar-refractivity contribution in [1.29, 1.82) is 0 Å². The fourth-order valence-electron chi connectivity index (χ4n) is 3.32. The van der Waals surface area contributed by atoms with Crippen LogP contribution in [0.4, 0.5) is 14.5 Å². The third-order valence-corrected chi connectivity index (χ3v) is 4.29. The van der Waals surface area contributed by atoms with Crippen molar-refractivity contribution in [3.05, 3.63) is 24.3 Å². The summed E-state index contributed by atoms with van der Waals surface area (Å²) in [6.45, 7) is 4.04. The van der Waals surface area contributed by atoms with E-state index in [1.807, 2.05) is 6.07 Å². The molecule has 1 saturated carbocycles. The van der Waals surface area contributed by atoms with Crippen molar-refractivity contribution in [2.45, 2.75) is 59.1 Å². The van der Waals surface area contributed by atoms with E-state index in [9.17, 15) is 8.78 Å². The first-order chi connectivity index (χ1) is 9.86. The average molecular weight is 297 g/mol. The van der Waals surface area contributed by atoms with E-state index in [0.29, 0.717) is 12.0 Å². The minimum Gasteiger partial charge on any atom is -0.435 e. The highest BCUT2D eigenvalue weighted by atomic mass is 19.3. The molecular formula is C17H25F2NO. The van der Waals surface area contributed by atoms with Gasteiger partial charge in [0.2, 0.25) is 0 Å². The second kappa shape index (κ2) is 6.63. The molecule has 1 aromatic rings. The van der Waals surface area contributed by atoms with Crippen LogP contribution in [0.5, 0.6) is 5.75 Å². The molecule has 1 aromatic carbocycles. The molecule has 0 heterocycles. The summed E-state index contributed by atoms with van der Waals surface area (Å²) in [7, 11) is 0. The van der Waals surface area contributed by atoms with Crippen LogP contribution in [0.25, 0.3) is 0 Å². The van der Waals surface area contributed by atoms with Crippen molar-refractivity contribution >= 4 is 5.69 Å². The highest BCUT2D eigenvalue weighted by Gasteiger charge is 2.34. The molecule has 1 fully saturated rings. The maximum absolute atomic E-state index is 12.3. The number of hydrogen-bond acceptors (Lipinski definition) is 2. The molecular weight excluding hydrogens is 272 g/mol. The van der Waals surface area contributed by atoms with Gasteiger partial charge in [-0.25, -0.2) is 0 Å². The van der Waals surface area contributed by atoms with Crippen molar-refractivity contribution in [1.82, 2.24) is 0 Å². The fraction of sp³-hybridized carbons (Fsp3) is 0.647. The molecule has 0 saturated heterocycles. The van der Waals surface area contributed by atoms with Crippen LogP contribution in [0, 0.1) is 11.3 Å². The molecule has 2 nitrogen and oxygen atoms in total.